The second kappa shape index (κ2) is 14.7. The Labute approximate surface area is 284 Å². The summed E-state index contributed by atoms with van der Waals surface area (Å²) >= 11 is 0. The third-order valence-corrected chi connectivity index (χ3v) is 9.35. The first kappa shape index (κ1) is 35.4. The fraction of sp³-hybridized carbons (Fsp3) is 0.543. The van der Waals surface area contributed by atoms with Gasteiger partial charge in [-0.25, -0.2) is 19.4 Å². The molecule has 14 heteroatoms. The number of esters is 1. The molecule has 4 bridgehead atoms. The lowest BCUT2D eigenvalue weighted by molar-refractivity contribution is -0.150. The predicted octanol–water partition coefficient (Wildman–Crippen LogP) is 3.39. The number of alkyl carbamates (subject to hydrolysis) is 1. The van der Waals surface area contributed by atoms with Gasteiger partial charge >= 0.3 is 18.0 Å². The monoisotopic (exact) mass is 680 g/mol. The van der Waals surface area contributed by atoms with Crippen molar-refractivity contribution in [3.05, 3.63) is 42.1 Å². The average molecular weight is 681 g/mol. The fourth-order valence-electron chi connectivity index (χ4n) is 6.60. The van der Waals surface area contributed by atoms with Gasteiger partial charge in [-0.15, -0.1) is 6.58 Å². The van der Waals surface area contributed by atoms with Crippen LogP contribution in [0.5, 0.6) is 11.5 Å². The number of cyclic esters (lactones) is 1. The van der Waals surface area contributed by atoms with Crippen molar-refractivity contribution in [3.63, 3.8) is 0 Å². The molecule has 0 spiro atoms. The summed E-state index contributed by atoms with van der Waals surface area (Å²) in [5, 5.41) is 15.9. The molecule has 5 rings (SSSR count). The zero-order valence-electron chi connectivity index (χ0n) is 28.3. The third-order valence-electron chi connectivity index (χ3n) is 9.35. The molecule has 14 nitrogen and oxygen atoms in total. The van der Waals surface area contributed by atoms with Gasteiger partial charge in [0.1, 0.15) is 35.2 Å². The van der Waals surface area contributed by atoms with Gasteiger partial charge in [0, 0.05) is 29.9 Å². The smallest absolute Gasteiger partial charge is 0.407 e. The predicted molar refractivity (Wildman–Crippen MR) is 176 cm³/mol. The molecule has 1 saturated carbocycles. The second-order valence-corrected chi connectivity index (χ2v) is 13.0. The summed E-state index contributed by atoms with van der Waals surface area (Å²) in [7, 11) is 1.53. The van der Waals surface area contributed by atoms with Crippen LogP contribution < -0.4 is 20.1 Å². The van der Waals surface area contributed by atoms with Crippen molar-refractivity contribution in [2.75, 3.05) is 26.9 Å². The highest BCUT2D eigenvalue weighted by molar-refractivity contribution is 5.97. The Hall–Kier alpha value is -4.88. The Kier molecular flexibility index (Phi) is 10.6. The van der Waals surface area contributed by atoms with Crippen molar-refractivity contribution in [1.29, 1.82) is 0 Å². The molecular weight excluding hydrogens is 636 g/mol. The molecule has 1 aromatic carbocycles. The Balaban J connectivity index is 1.56. The van der Waals surface area contributed by atoms with E-state index in [4.69, 9.17) is 18.9 Å². The molecule has 0 unspecified atom stereocenters. The highest BCUT2D eigenvalue weighted by atomic mass is 16.5. The van der Waals surface area contributed by atoms with Crippen LogP contribution in [0.15, 0.2) is 30.9 Å². The molecule has 3 N–H and O–H groups in total. The number of fused-ring (bicyclic) bond motifs is 3. The van der Waals surface area contributed by atoms with Gasteiger partial charge in [0.25, 0.3) is 0 Å². The lowest BCUT2D eigenvalue weighted by Crippen LogP contribution is -2.57. The van der Waals surface area contributed by atoms with Crippen LogP contribution in [-0.4, -0.2) is 95.4 Å². The van der Waals surface area contributed by atoms with E-state index in [1.54, 1.807) is 32.9 Å². The number of carboxylic acid groups (broad SMARTS) is 1. The molecule has 3 aliphatic rings. The number of nitrogens with zero attached hydrogens (tertiary/aromatic N) is 2. The summed E-state index contributed by atoms with van der Waals surface area (Å²) in [5.74, 6) is -2.92. The Morgan fingerprint density at radius 2 is 2.00 bits per heavy atom. The van der Waals surface area contributed by atoms with E-state index in [1.807, 2.05) is 6.07 Å². The van der Waals surface area contributed by atoms with Gasteiger partial charge in [0.2, 0.25) is 11.8 Å². The molecule has 1 aliphatic carbocycles. The van der Waals surface area contributed by atoms with Gasteiger partial charge in [-0.3, -0.25) is 9.59 Å². The Bertz CT molecular complexity index is 1640. The van der Waals surface area contributed by atoms with Crippen LogP contribution in [0, 0.1) is 11.8 Å². The van der Waals surface area contributed by atoms with E-state index < -0.39 is 53.6 Å². The van der Waals surface area contributed by atoms with E-state index in [2.05, 4.69) is 22.2 Å². The first-order valence-electron chi connectivity index (χ1n) is 16.7. The maximum absolute atomic E-state index is 14.2. The lowest BCUT2D eigenvalue weighted by atomic mass is 10.0. The van der Waals surface area contributed by atoms with Crippen LogP contribution in [0.25, 0.3) is 10.9 Å². The molecular formula is C35H44N4O10. The SMILES string of the molecule is C=C[C@@H]1C[C@]1(NC(=O)[C@@H]1C[C@@H]2CN1C(=O)[C@H](C(C)C)NC(=O)OCCCCCc1cc3c(cc(C(=O)O)nc3cc1OC)O2)C(=O)OCC. The number of carbonyl (C=O) groups excluding carboxylic acids is 4. The number of benzene rings is 1. The van der Waals surface area contributed by atoms with E-state index in [1.165, 1.54) is 18.1 Å². The van der Waals surface area contributed by atoms with Gasteiger partial charge in [0.05, 0.1) is 32.4 Å². The minimum absolute atomic E-state index is 0.0136. The van der Waals surface area contributed by atoms with Crippen molar-refractivity contribution in [2.45, 2.75) is 83.0 Å². The maximum atomic E-state index is 14.2. The molecule has 2 aliphatic heterocycles. The summed E-state index contributed by atoms with van der Waals surface area (Å²) in [6.45, 7) is 9.19. The summed E-state index contributed by atoms with van der Waals surface area (Å²) in [4.78, 5) is 71.8. The van der Waals surface area contributed by atoms with Crippen molar-refractivity contribution >= 4 is 40.7 Å². The molecule has 49 heavy (non-hydrogen) atoms. The minimum atomic E-state index is -1.30. The largest absolute Gasteiger partial charge is 0.496 e. The maximum Gasteiger partial charge on any atom is 0.407 e. The van der Waals surface area contributed by atoms with Crippen LogP contribution >= 0.6 is 0 Å². The number of aromatic nitrogens is 1. The molecule has 5 atom stereocenters. The molecule has 2 fully saturated rings. The normalized spacial score (nSPS) is 25.8. The summed E-state index contributed by atoms with van der Waals surface area (Å²) in [5.41, 5.74) is -0.346. The Morgan fingerprint density at radius 1 is 1.22 bits per heavy atom. The topological polar surface area (TPSA) is 183 Å². The van der Waals surface area contributed by atoms with E-state index in [0.717, 1.165) is 18.4 Å². The van der Waals surface area contributed by atoms with E-state index >= 15 is 0 Å². The van der Waals surface area contributed by atoms with Crippen LogP contribution in [-0.2, 0) is 30.3 Å². The van der Waals surface area contributed by atoms with Gasteiger partial charge in [-0.1, -0.05) is 19.9 Å². The zero-order chi connectivity index (χ0) is 35.5. The molecule has 264 valence electrons. The van der Waals surface area contributed by atoms with Crippen LogP contribution in [0.3, 0.4) is 0 Å². The van der Waals surface area contributed by atoms with E-state index in [9.17, 15) is 29.1 Å². The number of pyridine rings is 1. The number of carbonyl (C=O) groups is 5. The van der Waals surface area contributed by atoms with Crippen molar-refractivity contribution in [1.82, 2.24) is 20.5 Å². The van der Waals surface area contributed by atoms with Gasteiger partial charge in [0.15, 0.2) is 5.69 Å². The number of methoxy groups -OCH3 is 1. The quantitative estimate of drug-likeness (QED) is 0.275. The first-order valence-corrected chi connectivity index (χ1v) is 16.7. The highest BCUT2D eigenvalue weighted by Crippen LogP contribution is 2.46. The molecule has 1 aromatic heterocycles. The number of ether oxygens (including phenoxy) is 4. The van der Waals surface area contributed by atoms with E-state index in [0.29, 0.717) is 35.9 Å². The number of hydrogen-bond acceptors (Lipinski definition) is 10. The molecule has 3 heterocycles. The fourth-order valence-corrected chi connectivity index (χ4v) is 6.60. The third kappa shape index (κ3) is 7.42. The number of aryl methyl sites for hydroxylation is 1. The number of hydrogen-bond donors (Lipinski definition) is 3. The van der Waals surface area contributed by atoms with Crippen LogP contribution in [0.2, 0.25) is 0 Å². The van der Waals surface area contributed by atoms with E-state index in [-0.39, 0.29) is 49.5 Å². The number of amides is 3. The Morgan fingerprint density at radius 3 is 2.65 bits per heavy atom. The van der Waals surface area contributed by atoms with Gasteiger partial charge < -0.3 is 39.6 Å². The average Bonchev–Trinajstić information content (AvgIpc) is 3.62. The van der Waals surface area contributed by atoms with Crippen LogP contribution in [0.1, 0.15) is 68.9 Å². The number of carboxylic acids is 1. The standard InChI is InChI=1S/C35H44N4O10/c1-6-21-17-35(21,33(44)47-7-2)38-30(40)26-14-22-18-39(26)31(41)29(19(3)4)37-34(45)48-12-10-8-9-11-20-13-23-24(15-27(20)46-5)36-25(32(42)43)16-28(23)49-22/h6,13,15-16,19,21-22,26,29H,1,7-12,14,17-18H2,2-5H3,(H,37,45)(H,38,40)(H,42,43)/t21-,22-,26+,29+,35-/m1/s1. The summed E-state index contributed by atoms with van der Waals surface area (Å²) in [6, 6.07) is 2.74. The highest BCUT2D eigenvalue weighted by Gasteiger charge is 2.62. The summed E-state index contributed by atoms with van der Waals surface area (Å²) in [6.07, 6.45) is 3.09. The van der Waals surface area contributed by atoms with Gasteiger partial charge in [-0.2, -0.15) is 0 Å². The van der Waals surface area contributed by atoms with Crippen LogP contribution in [0.4, 0.5) is 4.79 Å². The zero-order valence-corrected chi connectivity index (χ0v) is 28.3. The van der Waals surface area contributed by atoms with Crippen molar-refractivity contribution in [2.24, 2.45) is 11.8 Å². The number of aromatic carboxylic acids is 1. The lowest BCUT2D eigenvalue weighted by Gasteiger charge is -2.31. The number of rotatable bonds is 8. The number of nitrogens with one attached hydrogen (secondary N) is 2. The van der Waals surface area contributed by atoms with Gasteiger partial charge in [-0.05, 0) is 56.6 Å². The first-order chi connectivity index (χ1) is 23.4. The second-order valence-electron chi connectivity index (χ2n) is 13.0. The molecule has 3 amide bonds. The molecule has 0 radical (unpaired) electrons. The summed E-state index contributed by atoms with van der Waals surface area (Å²) < 4.78 is 22.7. The minimum Gasteiger partial charge on any atom is -0.496 e. The molecule has 1 saturated heterocycles. The van der Waals surface area contributed by atoms with Crippen molar-refractivity contribution in [3.8, 4) is 11.5 Å². The van der Waals surface area contributed by atoms with Crippen molar-refractivity contribution < 1.29 is 48.0 Å². The molecule has 2 aromatic rings.